The molecule has 0 radical (unpaired) electrons. The van der Waals surface area contributed by atoms with Gasteiger partial charge in [0.05, 0.1) is 11.4 Å². The summed E-state index contributed by atoms with van der Waals surface area (Å²) < 4.78 is 19.5. The van der Waals surface area contributed by atoms with Crippen LogP contribution in [-0.4, -0.2) is 0 Å². The number of anilines is 2. The van der Waals surface area contributed by atoms with E-state index in [1.165, 1.54) is 6.07 Å². The second-order valence-corrected chi connectivity index (χ2v) is 5.01. The maximum atomic E-state index is 14.0. The van der Waals surface area contributed by atoms with Gasteiger partial charge in [0.15, 0.2) is 11.6 Å². The highest BCUT2D eigenvalue weighted by atomic mass is 35.5. The molecule has 0 spiro atoms. The van der Waals surface area contributed by atoms with Gasteiger partial charge in [0, 0.05) is 5.02 Å². The van der Waals surface area contributed by atoms with Gasteiger partial charge in [-0.15, -0.1) is 0 Å². The van der Waals surface area contributed by atoms with Gasteiger partial charge in [-0.1, -0.05) is 30.1 Å². The van der Waals surface area contributed by atoms with Gasteiger partial charge in [-0.2, -0.15) is 0 Å². The molecule has 0 bridgehead atoms. The van der Waals surface area contributed by atoms with Gasteiger partial charge in [-0.05, 0) is 36.2 Å². The Balaban J connectivity index is 2.42. The minimum absolute atomic E-state index is 0.0689. The SMILES string of the molecule is CCc1cc(Oc2c(N)cc(N)c(Cl)c2F)ccc1Cl. The van der Waals surface area contributed by atoms with Crippen LogP contribution in [0.25, 0.3) is 0 Å². The first-order chi connectivity index (χ1) is 9.43. The van der Waals surface area contributed by atoms with Crippen molar-refractivity contribution in [3.05, 3.63) is 45.7 Å². The zero-order valence-corrected chi connectivity index (χ0v) is 12.2. The van der Waals surface area contributed by atoms with Crippen LogP contribution in [0.15, 0.2) is 24.3 Å². The van der Waals surface area contributed by atoms with Crippen molar-refractivity contribution >= 4 is 34.6 Å². The molecule has 0 aliphatic rings. The Kier molecular flexibility index (Phi) is 4.26. The van der Waals surface area contributed by atoms with Crippen molar-refractivity contribution in [1.82, 2.24) is 0 Å². The third kappa shape index (κ3) is 2.76. The number of halogens is 3. The molecule has 0 aliphatic heterocycles. The van der Waals surface area contributed by atoms with Crippen molar-refractivity contribution in [3.8, 4) is 11.5 Å². The molecule has 4 N–H and O–H groups in total. The maximum absolute atomic E-state index is 14.0. The Hall–Kier alpha value is -1.65. The van der Waals surface area contributed by atoms with Crippen molar-refractivity contribution in [3.63, 3.8) is 0 Å². The maximum Gasteiger partial charge on any atom is 0.188 e. The molecule has 0 atom stereocenters. The fraction of sp³-hybridized carbons (Fsp3) is 0.143. The molecular formula is C14H13Cl2FN2O. The van der Waals surface area contributed by atoms with Crippen molar-refractivity contribution in [1.29, 1.82) is 0 Å². The van der Waals surface area contributed by atoms with E-state index in [0.29, 0.717) is 10.8 Å². The third-order valence-corrected chi connectivity index (χ3v) is 3.59. The number of nitrogens with two attached hydrogens (primary N) is 2. The van der Waals surface area contributed by atoms with E-state index in [2.05, 4.69) is 0 Å². The summed E-state index contributed by atoms with van der Waals surface area (Å²) in [6, 6.07) is 6.40. The van der Waals surface area contributed by atoms with Gasteiger partial charge >= 0.3 is 0 Å². The van der Waals surface area contributed by atoms with Gasteiger partial charge in [0.1, 0.15) is 10.8 Å². The van der Waals surface area contributed by atoms with Crippen molar-refractivity contribution in [2.45, 2.75) is 13.3 Å². The summed E-state index contributed by atoms with van der Waals surface area (Å²) in [5.74, 6) is -0.497. The molecule has 0 unspecified atom stereocenters. The molecule has 2 aromatic carbocycles. The minimum Gasteiger partial charge on any atom is -0.452 e. The highest BCUT2D eigenvalue weighted by Gasteiger charge is 2.16. The van der Waals surface area contributed by atoms with Gasteiger partial charge < -0.3 is 16.2 Å². The summed E-state index contributed by atoms with van der Waals surface area (Å²) in [5, 5.41) is 0.419. The minimum atomic E-state index is -0.780. The van der Waals surface area contributed by atoms with E-state index in [1.807, 2.05) is 6.92 Å². The van der Waals surface area contributed by atoms with E-state index in [4.69, 9.17) is 39.4 Å². The summed E-state index contributed by atoms with van der Waals surface area (Å²) in [6.45, 7) is 1.96. The van der Waals surface area contributed by atoms with Crippen LogP contribution in [0.3, 0.4) is 0 Å². The third-order valence-electron chi connectivity index (χ3n) is 2.84. The molecule has 106 valence electrons. The Labute approximate surface area is 126 Å². The lowest BCUT2D eigenvalue weighted by Crippen LogP contribution is -2.00. The van der Waals surface area contributed by atoms with Gasteiger partial charge in [0.25, 0.3) is 0 Å². The number of hydrogen-bond donors (Lipinski definition) is 2. The molecule has 0 aliphatic carbocycles. The lowest BCUT2D eigenvalue weighted by atomic mass is 10.1. The molecule has 6 heteroatoms. The van der Waals surface area contributed by atoms with Gasteiger partial charge in [-0.3, -0.25) is 0 Å². The molecule has 2 rings (SSSR count). The van der Waals surface area contributed by atoms with Crippen molar-refractivity contribution in [2.24, 2.45) is 0 Å². The zero-order chi connectivity index (χ0) is 14.9. The molecular weight excluding hydrogens is 302 g/mol. The van der Waals surface area contributed by atoms with E-state index in [1.54, 1.807) is 18.2 Å². The average molecular weight is 315 g/mol. The molecule has 0 aromatic heterocycles. The number of hydrogen-bond acceptors (Lipinski definition) is 3. The lowest BCUT2D eigenvalue weighted by Gasteiger charge is -2.13. The number of rotatable bonds is 3. The fourth-order valence-corrected chi connectivity index (χ4v) is 2.15. The summed E-state index contributed by atoms with van der Waals surface area (Å²) in [5.41, 5.74) is 12.3. The average Bonchev–Trinajstić information content (AvgIpc) is 2.43. The highest BCUT2D eigenvalue weighted by molar-refractivity contribution is 6.33. The van der Waals surface area contributed by atoms with E-state index in [9.17, 15) is 4.39 Å². The van der Waals surface area contributed by atoms with Crippen LogP contribution < -0.4 is 16.2 Å². The number of ether oxygens (including phenoxy) is 1. The predicted molar refractivity (Wildman–Crippen MR) is 81.1 cm³/mol. The summed E-state index contributed by atoms with van der Waals surface area (Å²) in [6.07, 6.45) is 0.733. The molecule has 3 nitrogen and oxygen atoms in total. The Bertz CT molecular complexity index is 662. The van der Waals surface area contributed by atoms with Crippen molar-refractivity contribution < 1.29 is 9.13 Å². The monoisotopic (exact) mass is 314 g/mol. The van der Waals surface area contributed by atoms with Gasteiger partial charge in [0.2, 0.25) is 0 Å². The number of nitrogen functional groups attached to an aromatic ring is 2. The molecule has 0 fully saturated rings. The smallest absolute Gasteiger partial charge is 0.188 e. The van der Waals surface area contributed by atoms with Crippen LogP contribution in [0, 0.1) is 5.82 Å². The van der Waals surface area contributed by atoms with E-state index < -0.39 is 5.82 Å². The fourth-order valence-electron chi connectivity index (χ4n) is 1.76. The topological polar surface area (TPSA) is 61.3 Å². The summed E-state index contributed by atoms with van der Waals surface area (Å²) >= 11 is 11.8. The largest absolute Gasteiger partial charge is 0.452 e. The molecule has 0 amide bonds. The van der Waals surface area contributed by atoms with Crippen LogP contribution in [0.5, 0.6) is 11.5 Å². The highest BCUT2D eigenvalue weighted by Crippen LogP contribution is 2.38. The van der Waals surface area contributed by atoms with Crippen LogP contribution in [0.4, 0.5) is 15.8 Å². The van der Waals surface area contributed by atoms with Crippen LogP contribution >= 0.6 is 23.2 Å². The van der Waals surface area contributed by atoms with Crippen LogP contribution in [0.2, 0.25) is 10.0 Å². The van der Waals surface area contributed by atoms with Crippen LogP contribution in [0.1, 0.15) is 12.5 Å². The van der Waals surface area contributed by atoms with Gasteiger partial charge in [-0.25, -0.2) is 4.39 Å². The second-order valence-electron chi connectivity index (χ2n) is 4.22. The predicted octanol–water partition coefficient (Wildman–Crippen LogP) is 4.65. The summed E-state index contributed by atoms with van der Waals surface area (Å²) in [4.78, 5) is 0. The number of benzene rings is 2. The first-order valence-electron chi connectivity index (χ1n) is 5.93. The molecule has 20 heavy (non-hydrogen) atoms. The standard InChI is InChI=1S/C14H13Cl2FN2O/c1-2-7-5-8(3-4-9(7)15)20-14-11(19)6-10(18)12(16)13(14)17/h3-6H,2,18-19H2,1H3. The van der Waals surface area contributed by atoms with E-state index in [-0.39, 0.29) is 22.1 Å². The first kappa shape index (κ1) is 14.8. The Morgan fingerprint density at radius 3 is 2.50 bits per heavy atom. The Morgan fingerprint density at radius 2 is 1.85 bits per heavy atom. The summed E-state index contributed by atoms with van der Waals surface area (Å²) in [7, 11) is 0. The molecule has 0 saturated carbocycles. The number of aryl methyl sites for hydroxylation is 1. The quantitative estimate of drug-likeness (QED) is 0.810. The second kappa shape index (κ2) is 5.77. The lowest BCUT2D eigenvalue weighted by molar-refractivity contribution is 0.445. The molecule has 0 heterocycles. The zero-order valence-electron chi connectivity index (χ0n) is 10.7. The van der Waals surface area contributed by atoms with Crippen LogP contribution in [-0.2, 0) is 6.42 Å². The Morgan fingerprint density at radius 1 is 1.15 bits per heavy atom. The molecule has 2 aromatic rings. The van der Waals surface area contributed by atoms with E-state index in [0.717, 1.165) is 12.0 Å². The van der Waals surface area contributed by atoms with E-state index >= 15 is 0 Å². The first-order valence-corrected chi connectivity index (χ1v) is 6.68. The van der Waals surface area contributed by atoms with Crippen molar-refractivity contribution in [2.75, 3.05) is 11.5 Å². The molecule has 0 saturated heterocycles. The normalized spacial score (nSPS) is 10.6.